The molecule has 226 valence electrons. The molecule has 0 aliphatic heterocycles. The van der Waals surface area contributed by atoms with Crippen LogP contribution in [-0.2, 0) is 15.6 Å². The van der Waals surface area contributed by atoms with Crippen molar-refractivity contribution < 1.29 is 36.8 Å². The van der Waals surface area contributed by atoms with Crippen LogP contribution in [0.1, 0.15) is 33.1 Å². The van der Waals surface area contributed by atoms with Gasteiger partial charge in [-0.05, 0) is 64.7 Å². The third-order valence-corrected chi connectivity index (χ3v) is 8.96. The zero-order valence-electron chi connectivity index (χ0n) is 25.1. The van der Waals surface area contributed by atoms with Crippen LogP contribution in [0.25, 0.3) is 12.2 Å². The fourth-order valence-corrected chi connectivity index (χ4v) is 6.82. The minimum Gasteiger partial charge on any atom is -0.497 e. The van der Waals surface area contributed by atoms with Crippen molar-refractivity contribution in [1.29, 1.82) is 0 Å². The minimum atomic E-state index is -3.88. The monoisotopic (exact) mass is 604 g/mol. The molecule has 43 heavy (non-hydrogen) atoms. The van der Waals surface area contributed by atoms with E-state index in [4.69, 9.17) is 28.4 Å². The van der Waals surface area contributed by atoms with Gasteiger partial charge in [0.1, 0.15) is 39.7 Å². The zero-order chi connectivity index (χ0) is 31.0. The average molecular weight is 605 g/mol. The lowest BCUT2D eigenvalue weighted by molar-refractivity contribution is 0.391. The fraction of sp³-hybridized carbons (Fsp3) is 0.235. The van der Waals surface area contributed by atoms with Crippen LogP contribution in [0, 0.1) is 0 Å². The van der Waals surface area contributed by atoms with Crippen LogP contribution in [0.5, 0.6) is 34.5 Å². The largest absolute Gasteiger partial charge is 0.497 e. The number of hydrogen-bond acceptors (Lipinski definition) is 8. The van der Waals surface area contributed by atoms with E-state index in [1.54, 1.807) is 102 Å². The topological polar surface area (TPSA) is 89.5 Å². The van der Waals surface area contributed by atoms with Crippen molar-refractivity contribution >= 4 is 22.0 Å². The summed E-state index contributed by atoms with van der Waals surface area (Å²) in [7, 11) is 5.49. The van der Waals surface area contributed by atoms with Gasteiger partial charge in [-0.3, -0.25) is 0 Å². The molecule has 0 aliphatic carbocycles. The summed E-state index contributed by atoms with van der Waals surface area (Å²) < 4.78 is 61.7. The summed E-state index contributed by atoms with van der Waals surface area (Å²) in [5.74, 6) is 3.20. The van der Waals surface area contributed by atoms with Crippen molar-refractivity contribution in [3.8, 4) is 34.5 Å². The SMILES string of the molecule is COc1ccc(CS(=O)(=O)C(c2ccc(OC)cc2)c2c(/C=C/c3cc(OC)cc(OC)c3)cc(OC)cc2OC)cc1. The highest BCUT2D eigenvalue weighted by atomic mass is 32.2. The van der Waals surface area contributed by atoms with E-state index in [1.807, 2.05) is 24.3 Å². The average Bonchev–Trinajstić information content (AvgIpc) is 3.04. The Hall–Kier alpha value is -4.63. The second kappa shape index (κ2) is 14.0. The summed E-state index contributed by atoms with van der Waals surface area (Å²) in [5, 5.41) is -1.08. The molecule has 0 saturated heterocycles. The Labute approximate surface area is 253 Å². The molecule has 0 spiro atoms. The second-order valence-electron chi connectivity index (χ2n) is 9.62. The minimum absolute atomic E-state index is 0.209. The second-order valence-corrected chi connectivity index (χ2v) is 11.7. The van der Waals surface area contributed by atoms with Crippen LogP contribution in [0.2, 0.25) is 0 Å². The Balaban J connectivity index is 1.93. The van der Waals surface area contributed by atoms with Gasteiger partial charge < -0.3 is 28.4 Å². The highest BCUT2D eigenvalue weighted by Crippen LogP contribution is 2.43. The van der Waals surface area contributed by atoms with E-state index < -0.39 is 15.1 Å². The summed E-state index contributed by atoms with van der Waals surface area (Å²) in [5.41, 5.74) is 3.08. The van der Waals surface area contributed by atoms with Crippen molar-refractivity contribution in [2.24, 2.45) is 0 Å². The van der Waals surface area contributed by atoms with Gasteiger partial charge in [-0.15, -0.1) is 0 Å². The standard InChI is InChI=1S/C34H36O8S/c1-37-27-13-8-23(9-14-27)22-43(35,36)34(25-11-15-28(38-2)16-12-25)33-26(19-31(41-5)21-32(33)42-6)10-7-24-17-29(39-3)20-30(18-24)40-4/h7-21,34H,22H2,1-6H3/b10-7+. The molecule has 0 radical (unpaired) electrons. The molecule has 0 amide bonds. The quantitative estimate of drug-likeness (QED) is 0.158. The Kier molecular flexibility index (Phi) is 10.2. The maximum absolute atomic E-state index is 14.4. The first kappa shape index (κ1) is 31.3. The molecular formula is C34H36O8S. The molecule has 9 heteroatoms. The zero-order valence-corrected chi connectivity index (χ0v) is 25.9. The summed E-state index contributed by atoms with van der Waals surface area (Å²) in [6.45, 7) is 0. The fourth-order valence-electron chi connectivity index (χ4n) is 4.81. The van der Waals surface area contributed by atoms with Crippen molar-refractivity contribution in [1.82, 2.24) is 0 Å². The number of methoxy groups -OCH3 is 6. The van der Waals surface area contributed by atoms with Crippen molar-refractivity contribution in [2.75, 3.05) is 42.7 Å². The number of ether oxygens (including phenoxy) is 6. The van der Waals surface area contributed by atoms with E-state index >= 15 is 0 Å². The van der Waals surface area contributed by atoms with E-state index in [2.05, 4.69) is 0 Å². The maximum Gasteiger partial charge on any atom is 0.165 e. The van der Waals surface area contributed by atoms with Crippen LogP contribution < -0.4 is 28.4 Å². The molecular weight excluding hydrogens is 568 g/mol. The number of sulfone groups is 1. The highest BCUT2D eigenvalue weighted by molar-refractivity contribution is 7.91. The number of benzene rings is 4. The van der Waals surface area contributed by atoms with Gasteiger partial charge >= 0.3 is 0 Å². The van der Waals surface area contributed by atoms with Crippen molar-refractivity contribution in [3.05, 3.63) is 107 Å². The van der Waals surface area contributed by atoms with Gasteiger partial charge in [-0.2, -0.15) is 0 Å². The smallest absolute Gasteiger partial charge is 0.165 e. The molecule has 0 aromatic heterocycles. The van der Waals surface area contributed by atoms with Gasteiger partial charge in [0, 0.05) is 17.7 Å². The Morgan fingerprint density at radius 1 is 0.581 bits per heavy atom. The first-order valence-electron chi connectivity index (χ1n) is 13.4. The molecule has 8 nitrogen and oxygen atoms in total. The molecule has 4 aromatic carbocycles. The molecule has 1 unspecified atom stereocenters. The molecule has 0 N–H and O–H groups in total. The van der Waals surface area contributed by atoms with Crippen LogP contribution in [0.3, 0.4) is 0 Å². The van der Waals surface area contributed by atoms with E-state index in [-0.39, 0.29) is 5.75 Å². The predicted octanol–water partition coefficient (Wildman–Crippen LogP) is 6.61. The maximum atomic E-state index is 14.4. The van der Waals surface area contributed by atoms with Gasteiger partial charge in [0.15, 0.2) is 9.84 Å². The van der Waals surface area contributed by atoms with E-state index in [0.29, 0.717) is 56.8 Å². The van der Waals surface area contributed by atoms with E-state index in [9.17, 15) is 8.42 Å². The molecule has 4 rings (SSSR count). The lowest BCUT2D eigenvalue weighted by atomic mass is 9.96. The molecule has 4 aromatic rings. The molecule has 1 atom stereocenters. The summed E-state index contributed by atoms with van der Waals surface area (Å²) in [6.07, 6.45) is 3.71. The number of rotatable bonds is 13. The van der Waals surface area contributed by atoms with Gasteiger partial charge in [-0.25, -0.2) is 8.42 Å². The van der Waals surface area contributed by atoms with Gasteiger partial charge in [0.2, 0.25) is 0 Å². The molecule has 0 bridgehead atoms. The molecule has 0 heterocycles. The first-order chi connectivity index (χ1) is 20.7. The van der Waals surface area contributed by atoms with Crippen LogP contribution in [-0.4, -0.2) is 51.1 Å². The lowest BCUT2D eigenvalue weighted by Gasteiger charge is -2.24. The molecule has 0 saturated carbocycles. The first-order valence-corrected chi connectivity index (χ1v) is 15.1. The van der Waals surface area contributed by atoms with Crippen LogP contribution in [0.15, 0.2) is 78.9 Å². The van der Waals surface area contributed by atoms with Crippen LogP contribution >= 0.6 is 0 Å². The van der Waals surface area contributed by atoms with E-state index in [0.717, 1.165) is 5.56 Å². The van der Waals surface area contributed by atoms with Crippen molar-refractivity contribution in [3.63, 3.8) is 0 Å². The Morgan fingerprint density at radius 2 is 1.09 bits per heavy atom. The summed E-state index contributed by atoms with van der Waals surface area (Å²) in [4.78, 5) is 0. The van der Waals surface area contributed by atoms with E-state index in [1.165, 1.54) is 7.11 Å². The molecule has 0 fully saturated rings. The van der Waals surface area contributed by atoms with Crippen LogP contribution in [0.4, 0.5) is 0 Å². The number of hydrogen-bond donors (Lipinski definition) is 0. The Morgan fingerprint density at radius 3 is 1.60 bits per heavy atom. The van der Waals surface area contributed by atoms with Gasteiger partial charge in [0.05, 0.1) is 48.4 Å². The van der Waals surface area contributed by atoms with Crippen molar-refractivity contribution in [2.45, 2.75) is 11.0 Å². The molecule has 0 aliphatic rings. The summed E-state index contributed by atoms with van der Waals surface area (Å²) in [6, 6.07) is 23.0. The lowest BCUT2D eigenvalue weighted by Crippen LogP contribution is -2.19. The third-order valence-electron chi connectivity index (χ3n) is 7.00. The van der Waals surface area contributed by atoms with Gasteiger partial charge in [-0.1, -0.05) is 36.4 Å². The Bertz CT molecular complexity index is 1640. The normalized spacial score (nSPS) is 12.0. The third kappa shape index (κ3) is 7.42. The van der Waals surface area contributed by atoms with Gasteiger partial charge in [0.25, 0.3) is 0 Å². The highest BCUT2D eigenvalue weighted by Gasteiger charge is 2.34. The predicted molar refractivity (Wildman–Crippen MR) is 168 cm³/mol. The summed E-state index contributed by atoms with van der Waals surface area (Å²) >= 11 is 0.